The van der Waals surface area contributed by atoms with Crippen molar-refractivity contribution < 1.29 is 13.2 Å². The summed E-state index contributed by atoms with van der Waals surface area (Å²) >= 11 is 5.93. The summed E-state index contributed by atoms with van der Waals surface area (Å²) in [5.74, 6) is -0.329. The lowest BCUT2D eigenvalue weighted by Gasteiger charge is -2.20. The SMILES string of the molecule is CS(=O)(=O)c1ncc(Cl)c(C(=O)N2CCCCCC2)n1. The molecule has 6 nitrogen and oxygen atoms in total. The number of hydrogen-bond donors (Lipinski definition) is 0. The minimum absolute atomic E-state index is 0.0380. The lowest BCUT2D eigenvalue weighted by molar-refractivity contribution is 0.0755. The molecule has 1 aliphatic heterocycles. The predicted molar refractivity (Wildman–Crippen MR) is 74.5 cm³/mol. The predicted octanol–water partition coefficient (Wildman–Crippen LogP) is 1.55. The van der Waals surface area contributed by atoms with Crippen LogP contribution in [0.4, 0.5) is 0 Å². The lowest BCUT2D eigenvalue weighted by Crippen LogP contribution is -2.33. The first-order valence-corrected chi connectivity index (χ1v) is 8.68. The van der Waals surface area contributed by atoms with Crippen molar-refractivity contribution in [2.24, 2.45) is 0 Å². The van der Waals surface area contributed by atoms with Gasteiger partial charge in [-0.1, -0.05) is 24.4 Å². The van der Waals surface area contributed by atoms with Gasteiger partial charge in [-0.15, -0.1) is 0 Å². The molecular weight excluding hydrogens is 302 g/mol. The highest BCUT2D eigenvalue weighted by molar-refractivity contribution is 7.90. The molecule has 0 spiro atoms. The highest BCUT2D eigenvalue weighted by atomic mass is 35.5. The maximum atomic E-state index is 12.4. The Morgan fingerprint density at radius 1 is 1.25 bits per heavy atom. The Labute approximate surface area is 123 Å². The highest BCUT2D eigenvalue weighted by Crippen LogP contribution is 2.18. The Morgan fingerprint density at radius 3 is 2.40 bits per heavy atom. The van der Waals surface area contributed by atoms with Crippen LogP contribution < -0.4 is 0 Å². The van der Waals surface area contributed by atoms with E-state index in [0.717, 1.165) is 38.1 Å². The second kappa shape index (κ2) is 6.05. The average Bonchev–Trinajstić information content (AvgIpc) is 2.66. The van der Waals surface area contributed by atoms with E-state index in [-0.39, 0.29) is 21.8 Å². The van der Waals surface area contributed by atoms with Crippen molar-refractivity contribution in [2.45, 2.75) is 30.8 Å². The summed E-state index contributed by atoms with van der Waals surface area (Å²) in [6.45, 7) is 1.29. The number of carbonyl (C=O) groups excluding carboxylic acids is 1. The first kappa shape index (κ1) is 15.2. The van der Waals surface area contributed by atoms with E-state index in [1.165, 1.54) is 0 Å². The van der Waals surface area contributed by atoms with Gasteiger partial charge in [0.15, 0.2) is 5.69 Å². The quantitative estimate of drug-likeness (QED) is 0.773. The van der Waals surface area contributed by atoms with Crippen LogP contribution in [0.25, 0.3) is 0 Å². The lowest BCUT2D eigenvalue weighted by atomic mass is 10.2. The van der Waals surface area contributed by atoms with Crippen LogP contribution in [0.15, 0.2) is 11.4 Å². The van der Waals surface area contributed by atoms with Crippen molar-refractivity contribution in [1.29, 1.82) is 0 Å². The third kappa shape index (κ3) is 3.46. The van der Waals surface area contributed by atoms with Gasteiger partial charge in [0, 0.05) is 19.3 Å². The van der Waals surface area contributed by atoms with Crippen LogP contribution >= 0.6 is 11.6 Å². The maximum Gasteiger partial charge on any atom is 0.274 e. The van der Waals surface area contributed by atoms with E-state index < -0.39 is 9.84 Å². The van der Waals surface area contributed by atoms with Gasteiger partial charge in [0.25, 0.3) is 5.91 Å². The summed E-state index contributed by atoms with van der Waals surface area (Å²) in [7, 11) is -3.57. The summed E-state index contributed by atoms with van der Waals surface area (Å²) in [5, 5.41) is -0.299. The van der Waals surface area contributed by atoms with Crippen molar-refractivity contribution in [3.8, 4) is 0 Å². The highest BCUT2D eigenvalue weighted by Gasteiger charge is 2.23. The van der Waals surface area contributed by atoms with Gasteiger partial charge in [0.2, 0.25) is 15.0 Å². The van der Waals surface area contributed by atoms with E-state index in [4.69, 9.17) is 11.6 Å². The normalized spacial score (nSPS) is 16.8. The van der Waals surface area contributed by atoms with Gasteiger partial charge in [0.05, 0.1) is 11.2 Å². The Morgan fingerprint density at radius 2 is 1.85 bits per heavy atom. The molecule has 1 aliphatic rings. The summed E-state index contributed by atoms with van der Waals surface area (Å²) < 4.78 is 22.9. The third-order valence-electron chi connectivity index (χ3n) is 3.15. The number of halogens is 1. The molecule has 1 fully saturated rings. The monoisotopic (exact) mass is 317 g/mol. The topological polar surface area (TPSA) is 80.2 Å². The average molecular weight is 318 g/mol. The van der Waals surface area contributed by atoms with Crippen molar-refractivity contribution in [2.75, 3.05) is 19.3 Å². The zero-order valence-electron chi connectivity index (χ0n) is 11.2. The molecule has 0 atom stereocenters. The minimum atomic E-state index is -3.57. The molecule has 2 heterocycles. The molecule has 8 heteroatoms. The van der Waals surface area contributed by atoms with Crippen LogP contribution in [0.2, 0.25) is 5.02 Å². The number of sulfone groups is 1. The second-order valence-electron chi connectivity index (χ2n) is 4.83. The van der Waals surface area contributed by atoms with Gasteiger partial charge in [0.1, 0.15) is 0 Å². The number of aromatic nitrogens is 2. The van der Waals surface area contributed by atoms with Crippen molar-refractivity contribution >= 4 is 27.3 Å². The Balaban J connectivity index is 2.33. The van der Waals surface area contributed by atoms with Crippen molar-refractivity contribution in [3.05, 3.63) is 16.9 Å². The van der Waals surface area contributed by atoms with Crippen LogP contribution in [-0.4, -0.2) is 48.5 Å². The molecule has 1 aromatic rings. The molecular formula is C12H16ClN3O3S. The molecule has 0 aromatic carbocycles. The van der Waals surface area contributed by atoms with E-state index in [9.17, 15) is 13.2 Å². The molecule has 1 saturated heterocycles. The Hall–Kier alpha value is -1.21. The van der Waals surface area contributed by atoms with Crippen LogP contribution in [0.3, 0.4) is 0 Å². The molecule has 2 rings (SSSR count). The third-order valence-corrected chi connectivity index (χ3v) is 4.29. The summed E-state index contributed by atoms with van der Waals surface area (Å²) in [6.07, 6.45) is 6.22. The number of nitrogens with zero attached hydrogens (tertiary/aromatic N) is 3. The Kier molecular flexibility index (Phi) is 4.59. The fourth-order valence-corrected chi connectivity index (χ4v) is 2.78. The van der Waals surface area contributed by atoms with Crippen LogP contribution in [0.5, 0.6) is 0 Å². The van der Waals surface area contributed by atoms with E-state index in [1.54, 1.807) is 4.90 Å². The molecule has 0 bridgehead atoms. The standard InChI is InChI=1S/C12H16ClN3O3S/c1-20(18,19)12-14-8-9(13)10(15-12)11(17)16-6-4-2-3-5-7-16/h8H,2-7H2,1H3. The van der Waals surface area contributed by atoms with Crippen LogP contribution in [-0.2, 0) is 9.84 Å². The van der Waals surface area contributed by atoms with Gasteiger partial charge < -0.3 is 4.90 Å². The largest absolute Gasteiger partial charge is 0.337 e. The molecule has 20 heavy (non-hydrogen) atoms. The van der Waals surface area contributed by atoms with Gasteiger partial charge in [-0.05, 0) is 12.8 Å². The van der Waals surface area contributed by atoms with Gasteiger partial charge >= 0.3 is 0 Å². The number of amides is 1. The molecule has 0 saturated carbocycles. The molecule has 0 radical (unpaired) electrons. The van der Waals surface area contributed by atoms with Crippen molar-refractivity contribution in [1.82, 2.24) is 14.9 Å². The summed E-state index contributed by atoms with van der Waals surface area (Å²) in [5.41, 5.74) is -0.0380. The second-order valence-corrected chi connectivity index (χ2v) is 7.14. The smallest absolute Gasteiger partial charge is 0.274 e. The van der Waals surface area contributed by atoms with Crippen LogP contribution in [0.1, 0.15) is 36.2 Å². The number of carbonyl (C=O) groups is 1. The van der Waals surface area contributed by atoms with Gasteiger partial charge in [-0.2, -0.15) is 0 Å². The van der Waals surface area contributed by atoms with E-state index in [1.807, 2.05) is 0 Å². The molecule has 0 unspecified atom stereocenters. The molecule has 0 N–H and O–H groups in total. The molecule has 1 amide bonds. The zero-order valence-corrected chi connectivity index (χ0v) is 12.7. The van der Waals surface area contributed by atoms with E-state index in [0.29, 0.717) is 13.1 Å². The van der Waals surface area contributed by atoms with Crippen LogP contribution in [0, 0.1) is 0 Å². The first-order chi connectivity index (χ1) is 9.39. The number of hydrogen-bond acceptors (Lipinski definition) is 5. The summed E-state index contributed by atoms with van der Waals surface area (Å²) in [6, 6.07) is 0. The molecule has 0 aliphatic carbocycles. The van der Waals surface area contributed by atoms with Gasteiger partial charge in [-0.3, -0.25) is 4.79 Å². The molecule has 1 aromatic heterocycles. The maximum absolute atomic E-state index is 12.4. The van der Waals surface area contributed by atoms with Gasteiger partial charge in [-0.25, -0.2) is 18.4 Å². The minimum Gasteiger partial charge on any atom is -0.337 e. The fourth-order valence-electron chi connectivity index (χ4n) is 2.10. The molecule has 110 valence electrons. The fraction of sp³-hybridized carbons (Fsp3) is 0.583. The van der Waals surface area contributed by atoms with E-state index >= 15 is 0 Å². The summed E-state index contributed by atoms with van der Waals surface area (Å²) in [4.78, 5) is 21.6. The van der Waals surface area contributed by atoms with Crippen molar-refractivity contribution in [3.63, 3.8) is 0 Å². The zero-order chi connectivity index (χ0) is 14.8. The van der Waals surface area contributed by atoms with E-state index in [2.05, 4.69) is 9.97 Å². The first-order valence-electron chi connectivity index (χ1n) is 6.41. The Bertz CT molecular complexity index is 610. The number of likely N-dealkylation sites (tertiary alicyclic amines) is 1. The number of rotatable bonds is 2.